The van der Waals surface area contributed by atoms with Crippen LogP contribution in [-0.4, -0.2) is 29.4 Å². The van der Waals surface area contributed by atoms with Gasteiger partial charge >= 0.3 is 0 Å². The van der Waals surface area contributed by atoms with Gasteiger partial charge < -0.3 is 15.0 Å². The number of halogens is 1. The first kappa shape index (κ1) is 16.4. The summed E-state index contributed by atoms with van der Waals surface area (Å²) >= 11 is 3.29. The number of carbonyl (C=O) groups excluding carboxylic acids is 2. The highest BCUT2D eigenvalue weighted by atomic mass is 79.9. The largest absolute Gasteiger partial charge is 0.479 e. The van der Waals surface area contributed by atoms with E-state index in [1.165, 1.54) is 0 Å². The van der Waals surface area contributed by atoms with E-state index in [9.17, 15) is 9.59 Å². The lowest BCUT2D eigenvalue weighted by Crippen LogP contribution is -2.45. The quantitative estimate of drug-likeness (QED) is 0.872. The summed E-state index contributed by atoms with van der Waals surface area (Å²) < 4.78 is 6.42. The second-order valence-corrected chi connectivity index (χ2v) is 6.29. The zero-order valence-electron chi connectivity index (χ0n) is 13.0. The summed E-state index contributed by atoms with van der Waals surface area (Å²) in [7, 11) is 0. The Labute approximate surface area is 148 Å². The summed E-state index contributed by atoms with van der Waals surface area (Å²) in [5.74, 6) is 0.780. The molecule has 1 aromatic heterocycles. The molecule has 6 nitrogen and oxygen atoms in total. The fourth-order valence-electron chi connectivity index (χ4n) is 2.46. The molecule has 3 rings (SSSR count). The van der Waals surface area contributed by atoms with Crippen LogP contribution in [0, 0.1) is 0 Å². The molecule has 1 aromatic carbocycles. The number of para-hydroxylation sites is 2. The van der Waals surface area contributed by atoms with Crippen molar-refractivity contribution in [3.8, 4) is 5.75 Å². The first-order valence-electron chi connectivity index (χ1n) is 7.53. The number of rotatable bonds is 4. The van der Waals surface area contributed by atoms with Gasteiger partial charge in [-0.05, 0) is 47.1 Å². The van der Waals surface area contributed by atoms with E-state index in [-0.39, 0.29) is 24.8 Å². The Morgan fingerprint density at radius 2 is 2.12 bits per heavy atom. The molecule has 0 saturated heterocycles. The Morgan fingerprint density at radius 3 is 2.88 bits per heavy atom. The summed E-state index contributed by atoms with van der Waals surface area (Å²) in [6.45, 7) is 1.99. The van der Waals surface area contributed by atoms with Crippen LogP contribution in [0.4, 0.5) is 11.5 Å². The van der Waals surface area contributed by atoms with Crippen LogP contribution in [0.3, 0.4) is 0 Å². The Morgan fingerprint density at radius 1 is 1.33 bits per heavy atom. The van der Waals surface area contributed by atoms with E-state index in [0.717, 1.165) is 4.47 Å². The number of carbonyl (C=O) groups is 2. The third-order valence-electron chi connectivity index (χ3n) is 3.63. The lowest BCUT2D eigenvalue weighted by Gasteiger charge is -2.32. The van der Waals surface area contributed by atoms with E-state index in [1.807, 2.05) is 24.3 Å². The number of nitrogens with one attached hydrogen (secondary N) is 1. The van der Waals surface area contributed by atoms with Crippen molar-refractivity contribution in [2.24, 2.45) is 0 Å². The van der Waals surface area contributed by atoms with E-state index >= 15 is 0 Å². The van der Waals surface area contributed by atoms with Crippen LogP contribution in [0.2, 0.25) is 0 Å². The predicted molar refractivity (Wildman–Crippen MR) is 94.1 cm³/mol. The van der Waals surface area contributed by atoms with Gasteiger partial charge in [0.25, 0.3) is 5.91 Å². The van der Waals surface area contributed by atoms with Gasteiger partial charge in [-0.3, -0.25) is 9.59 Å². The number of anilines is 2. The number of hydrogen-bond donors (Lipinski definition) is 1. The number of benzene rings is 1. The first-order chi connectivity index (χ1) is 11.5. The number of pyridine rings is 1. The average molecular weight is 390 g/mol. The van der Waals surface area contributed by atoms with E-state index in [0.29, 0.717) is 17.3 Å². The van der Waals surface area contributed by atoms with Gasteiger partial charge in [-0.25, -0.2) is 4.98 Å². The molecule has 2 aromatic rings. The van der Waals surface area contributed by atoms with Gasteiger partial charge in [0, 0.05) is 23.6 Å². The van der Waals surface area contributed by atoms with E-state index in [4.69, 9.17) is 4.74 Å². The van der Waals surface area contributed by atoms with Crippen molar-refractivity contribution in [3.63, 3.8) is 0 Å². The van der Waals surface area contributed by atoms with Crippen molar-refractivity contribution in [3.05, 3.63) is 47.1 Å². The maximum atomic E-state index is 12.3. The second-order valence-electron chi connectivity index (χ2n) is 5.38. The van der Waals surface area contributed by atoms with E-state index in [1.54, 1.807) is 30.2 Å². The van der Waals surface area contributed by atoms with Crippen molar-refractivity contribution >= 4 is 39.2 Å². The SMILES string of the molecule is CC1Oc2ccccc2N(CCC(=O)Nc2ccc(Br)cn2)C1=O. The van der Waals surface area contributed by atoms with Crippen LogP contribution < -0.4 is 15.0 Å². The average Bonchev–Trinajstić information content (AvgIpc) is 2.57. The summed E-state index contributed by atoms with van der Waals surface area (Å²) in [6.07, 6.45) is 1.22. The highest BCUT2D eigenvalue weighted by Gasteiger charge is 2.31. The third-order valence-corrected chi connectivity index (χ3v) is 4.10. The van der Waals surface area contributed by atoms with Crippen molar-refractivity contribution < 1.29 is 14.3 Å². The zero-order valence-corrected chi connectivity index (χ0v) is 14.6. The maximum absolute atomic E-state index is 12.3. The van der Waals surface area contributed by atoms with Crippen LogP contribution in [0.5, 0.6) is 5.75 Å². The Bertz CT molecular complexity index is 764. The summed E-state index contributed by atoms with van der Waals surface area (Å²) in [5, 5.41) is 2.72. The molecular formula is C17H16BrN3O3. The van der Waals surface area contributed by atoms with Crippen LogP contribution in [-0.2, 0) is 9.59 Å². The summed E-state index contributed by atoms with van der Waals surface area (Å²) in [6, 6.07) is 10.8. The molecule has 0 radical (unpaired) electrons. The Balaban J connectivity index is 1.66. The lowest BCUT2D eigenvalue weighted by molar-refractivity contribution is -0.125. The van der Waals surface area contributed by atoms with Crippen molar-refractivity contribution in [1.29, 1.82) is 0 Å². The predicted octanol–water partition coefficient (Wildman–Crippen LogP) is 2.99. The van der Waals surface area contributed by atoms with Gasteiger partial charge in [-0.2, -0.15) is 0 Å². The van der Waals surface area contributed by atoms with Crippen LogP contribution in [0.25, 0.3) is 0 Å². The second kappa shape index (κ2) is 7.00. The molecule has 1 atom stereocenters. The molecule has 0 aliphatic carbocycles. The van der Waals surface area contributed by atoms with Gasteiger partial charge in [0.1, 0.15) is 11.6 Å². The van der Waals surface area contributed by atoms with Gasteiger partial charge in [0.2, 0.25) is 5.91 Å². The minimum atomic E-state index is -0.559. The number of hydrogen-bond acceptors (Lipinski definition) is 4. The molecular weight excluding hydrogens is 374 g/mol. The van der Waals surface area contributed by atoms with Gasteiger partial charge in [0.05, 0.1) is 5.69 Å². The molecule has 1 aliphatic heterocycles. The number of nitrogens with zero attached hydrogens (tertiary/aromatic N) is 2. The molecule has 0 fully saturated rings. The number of fused-ring (bicyclic) bond motifs is 1. The molecule has 0 spiro atoms. The van der Waals surface area contributed by atoms with Gasteiger partial charge in [-0.1, -0.05) is 12.1 Å². The Kier molecular flexibility index (Phi) is 4.80. The number of amides is 2. The number of ether oxygens (including phenoxy) is 1. The fraction of sp³-hybridized carbons (Fsp3) is 0.235. The minimum Gasteiger partial charge on any atom is -0.479 e. The minimum absolute atomic E-state index is 0.150. The monoisotopic (exact) mass is 389 g/mol. The molecule has 1 unspecified atom stereocenters. The number of aromatic nitrogens is 1. The van der Waals surface area contributed by atoms with Crippen molar-refractivity contribution in [2.75, 3.05) is 16.8 Å². The lowest BCUT2D eigenvalue weighted by atomic mass is 10.1. The molecule has 1 N–H and O–H groups in total. The highest BCUT2D eigenvalue weighted by Crippen LogP contribution is 2.33. The van der Waals surface area contributed by atoms with Gasteiger partial charge in [0.15, 0.2) is 6.10 Å². The van der Waals surface area contributed by atoms with E-state index in [2.05, 4.69) is 26.2 Å². The molecule has 1 aliphatic rings. The zero-order chi connectivity index (χ0) is 17.1. The van der Waals surface area contributed by atoms with Crippen LogP contribution in [0.1, 0.15) is 13.3 Å². The third kappa shape index (κ3) is 3.56. The first-order valence-corrected chi connectivity index (χ1v) is 8.32. The fourth-order valence-corrected chi connectivity index (χ4v) is 2.69. The molecule has 0 bridgehead atoms. The smallest absolute Gasteiger partial charge is 0.267 e. The normalized spacial score (nSPS) is 16.3. The molecule has 2 amide bonds. The van der Waals surface area contributed by atoms with Crippen LogP contribution in [0.15, 0.2) is 47.1 Å². The van der Waals surface area contributed by atoms with Gasteiger partial charge in [-0.15, -0.1) is 0 Å². The van der Waals surface area contributed by atoms with E-state index < -0.39 is 6.10 Å². The molecule has 124 valence electrons. The summed E-state index contributed by atoms with van der Waals surface area (Å²) in [5.41, 5.74) is 0.690. The molecule has 24 heavy (non-hydrogen) atoms. The molecule has 0 saturated carbocycles. The van der Waals surface area contributed by atoms with Crippen LogP contribution >= 0.6 is 15.9 Å². The maximum Gasteiger partial charge on any atom is 0.267 e. The Hall–Kier alpha value is -2.41. The van der Waals surface area contributed by atoms with Crippen molar-refractivity contribution in [1.82, 2.24) is 4.98 Å². The summed E-state index contributed by atoms with van der Waals surface area (Å²) in [4.78, 5) is 30.1. The van der Waals surface area contributed by atoms with Crippen molar-refractivity contribution in [2.45, 2.75) is 19.4 Å². The molecule has 7 heteroatoms. The standard InChI is InChI=1S/C17H16BrN3O3/c1-11-17(23)21(13-4-2-3-5-14(13)24-11)9-8-16(22)20-15-7-6-12(18)10-19-15/h2-7,10-11H,8-9H2,1H3,(H,19,20,22). The highest BCUT2D eigenvalue weighted by molar-refractivity contribution is 9.10. The molecule has 2 heterocycles. The topological polar surface area (TPSA) is 71.5 Å².